The van der Waals surface area contributed by atoms with E-state index in [-0.39, 0.29) is 5.54 Å². The molecule has 0 unspecified atom stereocenters. The largest absolute Gasteiger partial charge is 0.334 e. The number of hydrogen-bond acceptors (Lipinski definition) is 2. The highest BCUT2D eigenvalue weighted by molar-refractivity contribution is 5.22. The standard InChI is InChI=1S/C8H13N3/c1-6-10-5-7(11(6)2)8(9)3-4-8/h5H,3-4,9H2,1-2H3. The highest BCUT2D eigenvalue weighted by Gasteiger charge is 2.42. The van der Waals surface area contributed by atoms with E-state index in [4.69, 9.17) is 5.73 Å². The van der Waals surface area contributed by atoms with E-state index in [2.05, 4.69) is 9.55 Å². The summed E-state index contributed by atoms with van der Waals surface area (Å²) in [6.45, 7) is 2.00. The summed E-state index contributed by atoms with van der Waals surface area (Å²) in [7, 11) is 2.02. The van der Waals surface area contributed by atoms with Crippen LogP contribution in [0.25, 0.3) is 0 Å². The summed E-state index contributed by atoms with van der Waals surface area (Å²) in [5.41, 5.74) is 7.15. The van der Waals surface area contributed by atoms with Gasteiger partial charge in [-0.25, -0.2) is 4.98 Å². The summed E-state index contributed by atoms with van der Waals surface area (Å²) in [6.07, 6.45) is 4.10. The zero-order valence-electron chi connectivity index (χ0n) is 6.96. The fourth-order valence-electron chi connectivity index (χ4n) is 1.36. The first-order chi connectivity index (χ1) is 5.13. The molecule has 1 aromatic heterocycles. The van der Waals surface area contributed by atoms with Crippen molar-refractivity contribution in [2.45, 2.75) is 25.3 Å². The number of hydrogen-bond donors (Lipinski definition) is 1. The summed E-state index contributed by atoms with van der Waals surface area (Å²) in [5, 5.41) is 0. The lowest BCUT2D eigenvalue weighted by molar-refractivity contribution is 0.650. The van der Waals surface area contributed by atoms with E-state index < -0.39 is 0 Å². The third-order valence-electron chi connectivity index (χ3n) is 2.52. The van der Waals surface area contributed by atoms with Crippen molar-refractivity contribution >= 4 is 0 Å². The minimum Gasteiger partial charge on any atom is -0.334 e. The quantitative estimate of drug-likeness (QED) is 0.641. The van der Waals surface area contributed by atoms with Gasteiger partial charge in [0.25, 0.3) is 0 Å². The molecule has 0 saturated heterocycles. The predicted octanol–water partition coefficient (Wildman–Crippen LogP) is 0.676. The third kappa shape index (κ3) is 0.878. The molecule has 1 aliphatic carbocycles. The lowest BCUT2D eigenvalue weighted by atomic mass is 10.2. The zero-order chi connectivity index (χ0) is 8.06. The molecule has 0 radical (unpaired) electrons. The second-order valence-corrected chi connectivity index (χ2v) is 3.41. The van der Waals surface area contributed by atoms with Crippen LogP contribution in [0.3, 0.4) is 0 Å². The molecule has 2 rings (SSSR count). The Morgan fingerprint density at radius 2 is 2.27 bits per heavy atom. The van der Waals surface area contributed by atoms with E-state index in [0.717, 1.165) is 18.7 Å². The van der Waals surface area contributed by atoms with E-state index in [1.807, 2.05) is 20.2 Å². The maximum atomic E-state index is 6.02. The Morgan fingerprint density at radius 3 is 2.64 bits per heavy atom. The Labute approximate surface area is 66.2 Å². The molecule has 1 heterocycles. The molecule has 0 aromatic carbocycles. The van der Waals surface area contributed by atoms with Crippen LogP contribution in [0.5, 0.6) is 0 Å². The molecule has 0 atom stereocenters. The van der Waals surface area contributed by atoms with Gasteiger partial charge in [0.2, 0.25) is 0 Å². The summed E-state index contributed by atoms with van der Waals surface area (Å²) in [5.74, 6) is 1.04. The Kier molecular flexibility index (Phi) is 1.16. The molecular weight excluding hydrogens is 138 g/mol. The smallest absolute Gasteiger partial charge is 0.105 e. The lowest BCUT2D eigenvalue weighted by Crippen LogP contribution is -2.22. The van der Waals surface area contributed by atoms with Gasteiger partial charge < -0.3 is 10.3 Å². The molecule has 60 valence electrons. The van der Waals surface area contributed by atoms with E-state index in [9.17, 15) is 0 Å². The van der Waals surface area contributed by atoms with E-state index in [0.29, 0.717) is 0 Å². The summed E-state index contributed by atoms with van der Waals surface area (Å²) in [4.78, 5) is 4.21. The van der Waals surface area contributed by atoms with E-state index in [1.165, 1.54) is 5.69 Å². The van der Waals surface area contributed by atoms with Crippen molar-refractivity contribution in [3.05, 3.63) is 17.7 Å². The third-order valence-corrected chi connectivity index (χ3v) is 2.52. The molecule has 1 aromatic rings. The van der Waals surface area contributed by atoms with Gasteiger partial charge in [-0.1, -0.05) is 0 Å². The highest BCUT2D eigenvalue weighted by atomic mass is 15.1. The van der Waals surface area contributed by atoms with Crippen LogP contribution >= 0.6 is 0 Å². The normalized spacial score (nSPS) is 20.3. The van der Waals surface area contributed by atoms with Crippen LogP contribution in [0, 0.1) is 6.92 Å². The number of imidazole rings is 1. The van der Waals surface area contributed by atoms with Crippen LogP contribution in [0.1, 0.15) is 24.4 Å². The van der Waals surface area contributed by atoms with Crippen LogP contribution in [0.4, 0.5) is 0 Å². The number of nitrogens with zero attached hydrogens (tertiary/aromatic N) is 2. The van der Waals surface area contributed by atoms with Gasteiger partial charge in [0.05, 0.1) is 17.4 Å². The van der Waals surface area contributed by atoms with Gasteiger partial charge in [0.15, 0.2) is 0 Å². The van der Waals surface area contributed by atoms with Crippen LogP contribution in [0.2, 0.25) is 0 Å². The molecule has 3 heteroatoms. The van der Waals surface area contributed by atoms with Crippen molar-refractivity contribution in [2.24, 2.45) is 12.8 Å². The fourth-order valence-corrected chi connectivity index (χ4v) is 1.36. The molecule has 1 aliphatic rings. The average Bonchev–Trinajstić information content (AvgIpc) is 2.60. The van der Waals surface area contributed by atoms with Crippen molar-refractivity contribution in [1.82, 2.24) is 9.55 Å². The number of aromatic nitrogens is 2. The first-order valence-electron chi connectivity index (χ1n) is 3.91. The highest BCUT2D eigenvalue weighted by Crippen LogP contribution is 2.42. The fraction of sp³-hybridized carbons (Fsp3) is 0.625. The minimum atomic E-state index is -0.0456. The van der Waals surface area contributed by atoms with Crippen LogP contribution in [-0.2, 0) is 12.6 Å². The van der Waals surface area contributed by atoms with Crippen LogP contribution in [-0.4, -0.2) is 9.55 Å². The summed E-state index contributed by atoms with van der Waals surface area (Å²) < 4.78 is 2.08. The van der Waals surface area contributed by atoms with Crippen molar-refractivity contribution in [2.75, 3.05) is 0 Å². The lowest BCUT2D eigenvalue weighted by Gasteiger charge is -2.09. The maximum absolute atomic E-state index is 6.02. The Bertz CT molecular complexity index is 284. The zero-order valence-corrected chi connectivity index (χ0v) is 6.96. The SMILES string of the molecule is Cc1ncc(C2(N)CC2)n1C. The van der Waals surface area contributed by atoms with E-state index >= 15 is 0 Å². The van der Waals surface area contributed by atoms with Crippen molar-refractivity contribution in [3.63, 3.8) is 0 Å². The maximum Gasteiger partial charge on any atom is 0.105 e. The molecule has 1 fully saturated rings. The number of rotatable bonds is 1. The molecule has 0 amide bonds. The topological polar surface area (TPSA) is 43.8 Å². The van der Waals surface area contributed by atoms with Crippen LogP contribution in [0.15, 0.2) is 6.20 Å². The monoisotopic (exact) mass is 151 g/mol. The summed E-state index contributed by atoms with van der Waals surface area (Å²) >= 11 is 0. The van der Waals surface area contributed by atoms with Crippen LogP contribution < -0.4 is 5.73 Å². The molecular formula is C8H13N3. The number of aryl methyl sites for hydroxylation is 1. The minimum absolute atomic E-state index is 0.0456. The predicted molar refractivity (Wildman–Crippen MR) is 43.0 cm³/mol. The molecule has 0 aliphatic heterocycles. The van der Waals surface area contributed by atoms with E-state index in [1.54, 1.807) is 0 Å². The molecule has 2 N–H and O–H groups in total. The van der Waals surface area contributed by atoms with Crippen molar-refractivity contribution in [3.8, 4) is 0 Å². The first kappa shape index (κ1) is 6.85. The molecule has 11 heavy (non-hydrogen) atoms. The molecule has 0 spiro atoms. The van der Waals surface area contributed by atoms with Gasteiger partial charge >= 0.3 is 0 Å². The molecule has 0 bridgehead atoms. The van der Waals surface area contributed by atoms with Gasteiger partial charge in [-0.2, -0.15) is 0 Å². The molecule has 1 saturated carbocycles. The summed E-state index contributed by atoms with van der Waals surface area (Å²) in [6, 6.07) is 0. The number of nitrogens with two attached hydrogens (primary N) is 1. The Hall–Kier alpha value is -0.830. The van der Waals surface area contributed by atoms with Gasteiger partial charge in [0, 0.05) is 7.05 Å². The van der Waals surface area contributed by atoms with Crippen molar-refractivity contribution < 1.29 is 0 Å². The van der Waals surface area contributed by atoms with Gasteiger partial charge in [0.1, 0.15) is 5.82 Å². The molecule has 3 nitrogen and oxygen atoms in total. The average molecular weight is 151 g/mol. The van der Waals surface area contributed by atoms with Gasteiger partial charge in [-0.15, -0.1) is 0 Å². The van der Waals surface area contributed by atoms with Gasteiger partial charge in [-0.3, -0.25) is 0 Å². The van der Waals surface area contributed by atoms with Crippen molar-refractivity contribution in [1.29, 1.82) is 0 Å². The second kappa shape index (κ2) is 1.85. The van der Waals surface area contributed by atoms with Gasteiger partial charge in [-0.05, 0) is 19.8 Å². The Balaban J connectivity index is 2.45. The second-order valence-electron chi connectivity index (χ2n) is 3.41. The first-order valence-corrected chi connectivity index (χ1v) is 3.91. The Morgan fingerprint density at radius 1 is 1.64 bits per heavy atom.